The number of nitrogen functional groups attached to an aromatic ring is 1. The van der Waals surface area contributed by atoms with Gasteiger partial charge in [0.05, 0.1) is 34.1 Å². The van der Waals surface area contributed by atoms with Gasteiger partial charge in [0.2, 0.25) is 5.95 Å². The number of aromatic amines is 1. The zero-order valence-electron chi connectivity index (χ0n) is 20.7. The molecule has 4 N–H and O–H groups in total. The first-order valence-electron chi connectivity index (χ1n) is 11.5. The summed E-state index contributed by atoms with van der Waals surface area (Å²) in [6.07, 6.45) is 1.39. The van der Waals surface area contributed by atoms with Gasteiger partial charge in [-0.1, -0.05) is 24.3 Å². The molecule has 41 heavy (non-hydrogen) atoms. The molecule has 0 unspecified atom stereocenters. The summed E-state index contributed by atoms with van der Waals surface area (Å²) >= 11 is 0. The van der Waals surface area contributed by atoms with E-state index in [1.807, 2.05) is 6.07 Å². The lowest BCUT2D eigenvalue weighted by atomic mass is 10.0. The number of nitrogens with one attached hydrogen (secondary N) is 2. The van der Waals surface area contributed by atoms with Gasteiger partial charge in [-0.25, -0.2) is 31.7 Å². The molecule has 0 fully saturated rings. The first kappa shape index (κ1) is 29.5. The summed E-state index contributed by atoms with van der Waals surface area (Å²) in [5.41, 5.74) is 8.62. The second kappa shape index (κ2) is 11.2. The highest BCUT2D eigenvalue weighted by molar-refractivity contribution is 7.92. The minimum absolute atomic E-state index is 0. The highest BCUT2D eigenvalue weighted by Crippen LogP contribution is 2.32. The van der Waals surface area contributed by atoms with E-state index in [4.69, 9.17) is 5.73 Å². The molecule has 0 bridgehead atoms. The van der Waals surface area contributed by atoms with Gasteiger partial charge < -0.3 is 10.7 Å². The summed E-state index contributed by atoms with van der Waals surface area (Å²) < 4.78 is 57.3. The average Bonchev–Trinajstić information content (AvgIpc) is 3.38. The van der Waals surface area contributed by atoms with Crippen molar-refractivity contribution >= 4 is 68.4 Å². The molecule has 0 aliphatic heterocycles. The van der Waals surface area contributed by atoms with Crippen LogP contribution < -0.4 is 16.0 Å². The Morgan fingerprint density at radius 3 is 2.39 bits per heavy atom. The Morgan fingerprint density at radius 2 is 1.66 bits per heavy atom. The predicted molar refractivity (Wildman–Crippen MR) is 159 cm³/mol. The molecule has 0 atom stereocenters. The van der Waals surface area contributed by atoms with Crippen LogP contribution >= 0.6 is 24.8 Å². The molecule has 0 aliphatic carbocycles. The number of benzene rings is 4. The summed E-state index contributed by atoms with van der Waals surface area (Å²) in [4.78, 5) is 24.2. The summed E-state index contributed by atoms with van der Waals surface area (Å²) in [7, 11) is -4.43. The van der Waals surface area contributed by atoms with Gasteiger partial charge in [-0.15, -0.1) is 24.8 Å². The maximum absolute atomic E-state index is 14.3. The van der Waals surface area contributed by atoms with Gasteiger partial charge in [0.15, 0.2) is 0 Å². The molecule has 0 amide bonds. The van der Waals surface area contributed by atoms with Crippen molar-refractivity contribution in [1.29, 1.82) is 0 Å². The summed E-state index contributed by atoms with van der Waals surface area (Å²) in [6.45, 7) is 0. The maximum atomic E-state index is 14.3. The molecule has 14 heteroatoms. The lowest BCUT2D eigenvalue weighted by molar-refractivity contribution is 0.551. The fourth-order valence-electron chi connectivity index (χ4n) is 4.40. The Labute approximate surface area is 243 Å². The number of sulfonamides is 1. The van der Waals surface area contributed by atoms with Crippen LogP contribution in [-0.2, 0) is 10.0 Å². The molecular formula is C27H20Cl2F2N6O3S. The molecule has 0 spiro atoms. The van der Waals surface area contributed by atoms with Gasteiger partial charge in [-0.2, -0.15) is 0 Å². The van der Waals surface area contributed by atoms with E-state index in [1.54, 1.807) is 48.5 Å². The van der Waals surface area contributed by atoms with Crippen LogP contribution in [0, 0.1) is 11.6 Å². The van der Waals surface area contributed by atoms with Crippen LogP contribution in [0.25, 0.3) is 38.8 Å². The Hall–Kier alpha value is -4.52. The largest absolute Gasteiger partial charge is 0.369 e. The lowest BCUT2D eigenvalue weighted by Gasteiger charge is -2.13. The van der Waals surface area contributed by atoms with Crippen LogP contribution in [0.15, 0.2) is 94.9 Å². The lowest BCUT2D eigenvalue weighted by Crippen LogP contribution is -2.23. The van der Waals surface area contributed by atoms with Crippen LogP contribution in [0.3, 0.4) is 0 Å². The number of rotatable bonds is 5. The molecule has 2 heterocycles. The molecule has 9 nitrogen and oxygen atoms in total. The Morgan fingerprint density at radius 1 is 0.902 bits per heavy atom. The minimum Gasteiger partial charge on any atom is -0.369 e. The molecule has 4 aromatic carbocycles. The summed E-state index contributed by atoms with van der Waals surface area (Å²) in [5, 5.41) is 0.297. The molecule has 210 valence electrons. The molecular weight excluding hydrogens is 597 g/mol. The van der Waals surface area contributed by atoms with E-state index >= 15 is 0 Å². The third-order valence-electron chi connectivity index (χ3n) is 6.19. The number of hydrogen-bond acceptors (Lipinski definition) is 6. The van der Waals surface area contributed by atoms with Gasteiger partial charge in [-0.3, -0.25) is 9.52 Å². The monoisotopic (exact) mass is 616 g/mol. The van der Waals surface area contributed by atoms with E-state index < -0.39 is 26.6 Å². The van der Waals surface area contributed by atoms with Crippen LogP contribution in [0.4, 0.5) is 20.4 Å². The normalized spacial score (nSPS) is 11.2. The smallest absolute Gasteiger partial charge is 0.267 e. The number of nitrogens with zero attached hydrogens (tertiary/aromatic N) is 3. The number of para-hydroxylation sites is 1. The second-order valence-corrected chi connectivity index (χ2v) is 10.3. The molecule has 0 saturated heterocycles. The first-order chi connectivity index (χ1) is 18.7. The van der Waals surface area contributed by atoms with Crippen LogP contribution in [0.1, 0.15) is 0 Å². The Bertz CT molecular complexity index is 2090. The van der Waals surface area contributed by atoms with E-state index in [1.165, 1.54) is 17.0 Å². The number of fused-ring (bicyclic) bond motifs is 2. The highest BCUT2D eigenvalue weighted by Gasteiger charge is 2.22. The fourth-order valence-corrected chi connectivity index (χ4v) is 5.51. The van der Waals surface area contributed by atoms with Crippen molar-refractivity contribution in [2.75, 3.05) is 10.5 Å². The van der Waals surface area contributed by atoms with E-state index in [2.05, 4.69) is 19.7 Å². The highest BCUT2D eigenvalue weighted by atomic mass is 35.5. The van der Waals surface area contributed by atoms with Crippen molar-refractivity contribution in [3.05, 3.63) is 107 Å². The predicted octanol–water partition coefficient (Wildman–Crippen LogP) is 5.43. The number of H-pyrrole nitrogens is 1. The fraction of sp³-hybridized carbons (Fsp3) is 0. The molecule has 2 aromatic heterocycles. The van der Waals surface area contributed by atoms with Crippen molar-refractivity contribution in [3.63, 3.8) is 0 Å². The number of imidazole rings is 1. The number of anilines is 2. The zero-order chi connectivity index (χ0) is 27.3. The van der Waals surface area contributed by atoms with Crippen LogP contribution in [0.2, 0.25) is 0 Å². The molecule has 0 radical (unpaired) electrons. The summed E-state index contributed by atoms with van der Waals surface area (Å²) in [5.74, 6) is -2.09. The molecule has 6 aromatic rings. The van der Waals surface area contributed by atoms with Crippen molar-refractivity contribution < 1.29 is 17.2 Å². The third kappa shape index (κ3) is 5.32. The molecule has 6 rings (SSSR count). The first-order valence-corrected chi connectivity index (χ1v) is 13.0. The van der Waals surface area contributed by atoms with Gasteiger partial charge in [-0.05, 0) is 59.7 Å². The van der Waals surface area contributed by atoms with Crippen molar-refractivity contribution in [2.24, 2.45) is 0 Å². The number of hydrogen-bond donors (Lipinski definition) is 3. The van der Waals surface area contributed by atoms with E-state index in [0.29, 0.717) is 39.3 Å². The topological polar surface area (TPSA) is 136 Å². The number of nitrogens with two attached hydrogens (primary N) is 1. The van der Waals surface area contributed by atoms with E-state index in [0.717, 1.165) is 12.1 Å². The standard InChI is InChI=1S/C27H18F2N6O3S.2ClH/c28-17-7-9-24(20(29)13-17)39(37,38)34-23-12-16(11-22-25(23)32-14-31-22)15-6-8-21-19(10-15)26(36)35(27(30)33-21)18-4-2-1-3-5-18;;/h1-14,34H,(H2,30,33)(H,31,32);2*1H. The Kier molecular flexibility index (Phi) is 8.02. The van der Waals surface area contributed by atoms with Gasteiger partial charge in [0.25, 0.3) is 15.6 Å². The molecule has 0 saturated carbocycles. The quantitative estimate of drug-likeness (QED) is 0.236. The SMILES string of the molecule is Cl.Cl.Nc1nc2ccc(-c3cc(NS(=O)(=O)c4ccc(F)cc4F)c4nc[nH]c4c3)cc2c(=O)n1-c1ccccc1. The number of aromatic nitrogens is 4. The van der Waals surface area contributed by atoms with Crippen LogP contribution in [0.5, 0.6) is 0 Å². The van der Waals surface area contributed by atoms with Crippen molar-refractivity contribution in [3.8, 4) is 16.8 Å². The maximum Gasteiger partial charge on any atom is 0.267 e. The van der Waals surface area contributed by atoms with Gasteiger partial charge in [0, 0.05) is 6.07 Å². The minimum atomic E-state index is -4.43. The van der Waals surface area contributed by atoms with Gasteiger partial charge >= 0.3 is 0 Å². The van der Waals surface area contributed by atoms with E-state index in [9.17, 15) is 22.0 Å². The third-order valence-corrected chi connectivity index (χ3v) is 7.59. The van der Waals surface area contributed by atoms with Crippen molar-refractivity contribution in [1.82, 2.24) is 19.5 Å². The number of halogens is 4. The van der Waals surface area contributed by atoms with Crippen LogP contribution in [-0.4, -0.2) is 27.9 Å². The summed E-state index contributed by atoms with van der Waals surface area (Å²) in [6, 6.07) is 19.3. The zero-order valence-corrected chi connectivity index (χ0v) is 23.2. The Balaban J connectivity index is 0.00000194. The average molecular weight is 617 g/mol. The van der Waals surface area contributed by atoms with E-state index in [-0.39, 0.29) is 47.5 Å². The second-order valence-electron chi connectivity index (χ2n) is 8.68. The van der Waals surface area contributed by atoms with Crippen molar-refractivity contribution in [2.45, 2.75) is 4.90 Å². The molecule has 0 aliphatic rings. The van der Waals surface area contributed by atoms with Gasteiger partial charge in [0.1, 0.15) is 22.0 Å².